The van der Waals surface area contributed by atoms with Crippen LogP contribution in [0.5, 0.6) is 0 Å². The van der Waals surface area contributed by atoms with Crippen molar-refractivity contribution in [3.8, 4) is 0 Å². The lowest BCUT2D eigenvalue weighted by Crippen LogP contribution is -1.96. The number of carboxylic acid groups (broad SMARTS) is 1. The molecule has 2 aromatic heterocycles. The summed E-state index contributed by atoms with van der Waals surface area (Å²) in [5, 5.41) is 12.6. The first-order valence-electron chi connectivity index (χ1n) is 4.63. The molecule has 0 spiro atoms. The van der Waals surface area contributed by atoms with Crippen molar-refractivity contribution >= 4 is 23.2 Å². The van der Waals surface area contributed by atoms with Crippen LogP contribution < -0.4 is 5.32 Å². The summed E-state index contributed by atoms with van der Waals surface area (Å²) in [6, 6.07) is 3.01. The lowest BCUT2D eigenvalue weighted by molar-refractivity contribution is 0.0663. The molecule has 84 valence electrons. The van der Waals surface area contributed by atoms with E-state index in [0.29, 0.717) is 12.4 Å². The molecule has 6 heteroatoms. The van der Waals surface area contributed by atoms with Crippen LogP contribution in [-0.2, 0) is 6.54 Å². The minimum absolute atomic E-state index is 0.0667. The number of aromatic nitrogens is 1. The number of aryl methyl sites for hydroxylation is 1. The van der Waals surface area contributed by atoms with E-state index < -0.39 is 5.97 Å². The van der Waals surface area contributed by atoms with Crippen LogP contribution in [0.2, 0.25) is 0 Å². The predicted octanol–water partition coefficient (Wildman–Crippen LogP) is 2.35. The highest BCUT2D eigenvalue weighted by Crippen LogP contribution is 2.17. The van der Waals surface area contributed by atoms with Crippen molar-refractivity contribution in [3.63, 3.8) is 0 Å². The molecule has 5 nitrogen and oxygen atoms in total. The number of furan rings is 1. The van der Waals surface area contributed by atoms with Gasteiger partial charge in [-0.3, -0.25) is 0 Å². The largest absolute Gasteiger partial charge is 0.475 e. The van der Waals surface area contributed by atoms with Crippen molar-refractivity contribution in [1.29, 1.82) is 0 Å². The molecule has 0 radical (unpaired) electrons. The van der Waals surface area contributed by atoms with Gasteiger partial charge in [0, 0.05) is 17.1 Å². The summed E-state index contributed by atoms with van der Waals surface area (Å²) in [5.41, 5.74) is 0. The van der Waals surface area contributed by atoms with E-state index in [-0.39, 0.29) is 5.76 Å². The van der Waals surface area contributed by atoms with Crippen molar-refractivity contribution < 1.29 is 14.3 Å². The van der Waals surface area contributed by atoms with Gasteiger partial charge < -0.3 is 14.8 Å². The molecular formula is C10H10N2O3S. The third-order valence-corrected chi connectivity index (χ3v) is 2.84. The Morgan fingerprint density at radius 2 is 2.44 bits per heavy atom. The third kappa shape index (κ3) is 2.40. The Balaban J connectivity index is 1.97. The highest BCUT2D eigenvalue weighted by molar-refractivity contribution is 7.11. The van der Waals surface area contributed by atoms with Gasteiger partial charge in [-0.15, -0.1) is 11.3 Å². The first-order valence-corrected chi connectivity index (χ1v) is 5.45. The number of nitrogens with one attached hydrogen (secondary N) is 1. The number of thiazole rings is 1. The fourth-order valence-electron chi connectivity index (χ4n) is 1.21. The van der Waals surface area contributed by atoms with E-state index in [9.17, 15) is 4.79 Å². The van der Waals surface area contributed by atoms with E-state index in [1.165, 1.54) is 6.07 Å². The predicted molar refractivity (Wildman–Crippen MR) is 59.8 cm³/mol. The van der Waals surface area contributed by atoms with Crippen molar-refractivity contribution in [1.82, 2.24) is 4.98 Å². The van der Waals surface area contributed by atoms with Crippen LogP contribution in [-0.4, -0.2) is 16.1 Å². The number of nitrogens with zero attached hydrogens (tertiary/aromatic N) is 1. The van der Waals surface area contributed by atoms with E-state index in [1.807, 2.05) is 6.92 Å². The van der Waals surface area contributed by atoms with Crippen LogP contribution in [0.15, 0.2) is 22.7 Å². The van der Waals surface area contributed by atoms with Gasteiger partial charge in [0.15, 0.2) is 5.88 Å². The first kappa shape index (κ1) is 10.7. The maximum atomic E-state index is 10.6. The van der Waals surface area contributed by atoms with E-state index >= 15 is 0 Å². The lowest BCUT2D eigenvalue weighted by Gasteiger charge is -1.98. The average Bonchev–Trinajstić information content (AvgIpc) is 2.83. The normalized spacial score (nSPS) is 10.3. The van der Waals surface area contributed by atoms with Gasteiger partial charge in [-0.1, -0.05) is 0 Å². The molecule has 0 aliphatic heterocycles. The summed E-state index contributed by atoms with van der Waals surface area (Å²) >= 11 is 1.59. The van der Waals surface area contributed by atoms with Crippen molar-refractivity contribution in [3.05, 3.63) is 34.0 Å². The van der Waals surface area contributed by atoms with Gasteiger partial charge in [-0.05, 0) is 13.0 Å². The molecule has 0 bridgehead atoms. The monoisotopic (exact) mass is 238 g/mol. The molecule has 0 saturated heterocycles. The van der Waals surface area contributed by atoms with Gasteiger partial charge in [-0.25, -0.2) is 9.78 Å². The van der Waals surface area contributed by atoms with Gasteiger partial charge in [0.1, 0.15) is 0 Å². The topological polar surface area (TPSA) is 75.4 Å². The van der Waals surface area contributed by atoms with Crippen LogP contribution in [0.3, 0.4) is 0 Å². The van der Waals surface area contributed by atoms with Crippen LogP contribution in [0.4, 0.5) is 5.88 Å². The molecule has 16 heavy (non-hydrogen) atoms. The van der Waals surface area contributed by atoms with Gasteiger partial charge in [-0.2, -0.15) is 0 Å². The van der Waals surface area contributed by atoms with Gasteiger partial charge in [0.05, 0.1) is 11.6 Å². The van der Waals surface area contributed by atoms with Crippen LogP contribution >= 0.6 is 11.3 Å². The molecule has 0 aliphatic carbocycles. The number of carbonyl (C=O) groups is 1. The summed E-state index contributed by atoms with van der Waals surface area (Å²) in [7, 11) is 0. The summed E-state index contributed by atoms with van der Waals surface area (Å²) in [5.74, 6) is -0.687. The van der Waals surface area contributed by atoms with Crippen molar-refractivity contribution in [2.24, 2.45) is 0 Å². The second-order valence-electron chi connectivity index (χ2n) is 3.17. The molecule has 2 rings (SSSR count). The molecule has 2 heterocycles. The average molecular weight is 238 g/mol. The Morgan fingerprint density at radius 1 is 1.62 bits per heavy atom. The molecule has 2 N–H and O–H groups in total. The smallest absolute Gasteiger partial charge is 0.371 e. The Labute approximate surface area is 95.7 Å². The number of aromatic carboxylic acids is 1. The van der Waals surface area contributed by atoms with Crippen molar-refractivity contribution in [2.75, 3.05) is 5.32 Å². The quantitative estimate of drug-likeness (QED) is 0.855. The van der Waals surface area contributed by atoms with Gasteiger partial charge in [0.2, 0.25) is 5.76 Å². The second kappa shape index (κ2) is 4.36. The zero-order valence-electron chi connectivity index (χ0n) is 8.56. The Bertz CT molecular complexity index is 504. The summed E-state index contributed by atoms with van der Waals surface area (Å²) in [6.07, 6.45) is 1.79. The van der Waals surface area contributed by atoms with Gasteiger partial charge >= 0.3 is 5.97 Å². The van der Waals surface area contributed by atoms with E-state index in [4.69, 9.17) is 9.52 Å². The van der Waals surface area contributed by atoms with Crippen LogP contribution in [0.1, 0.15) is 20.4 Å². The van der Waals surface area contributed by atoms with Gasteiger partial charge in [0.25, 0.3) is 0 Å². The van der Waals surface area contributed by atoms with E-state index in [1.54, 1.807) is 23.6 Å². The molecular weight excluding hydrogens is 228 g/mol. The van der Waals surface area contributed by atoms with Crippen LogP contribution in [0, 0.1) is 6.92 Å². The van der Waals surface area contributed by atoms with Crippen LogP contribution in [0.25, 0.3) is 0 Å². The molecule has 0 aliphatic rings. The summed E-state index contributed by atoms with van der Waals surface area (Å²) in [6.45, 7) is 2.52. The summed E-state index contributed by atoms with van der Waals surface area (Å²) in [4.78, 5) is 15.8. The number of carboxylic acids is 1. The third-order valence-electron chi connectivity index (χ3n) is 1.92. The fourth-order valence-corrected chi connectivity index (χ4v) is 1.94. The minimum atomic E-state index is -1.07. The number of rotatable bonds is 4. The Kier molecular flexibility index (Phi) is 2.91. The SMILES string of the molecule is Cc1ncc(CNc2ccc(C(=O)O)o2)s1. The Morgan fingerprint density at radius 3 is 3.00 bits per heavy atom. The molecule has 0 amide bonds. The molecule has 0 atom stereocenters. The van der Waals surface area contributed by atoms with Crippen molar-refractivity contribution in [2.45, 2.75) is 13.5 Å². The maximum Gasteiger partial charge on any atom is 0.371 e. The van der Waals surface area contributed by atoms with E-state index in [2.05, 4.69) is 10.3 Å². The molecule has 0 saturated carbocycles. The fraction of sp³-hybridized carbons (Fsp3) is 0.200. The maximum absolute atomic E-state index is 10.6. The highest BCUT2D eigenvalue weighted by Gasteiger charge is 2.08. The zero-order valence-corrected chi connectivity index (χ0v) is 9.37. The summed E-state index contributed by atoms with van der Waals surface area (Å²) < 4.78 is 5.05. The van der Waals surface area contributed by atoms with E-state index in [0.717, 1.165) is 9.88 Å². The molecule has 0 aromatic carbocycles. The zero-order chi connectivity index (χ0) is 11.5. The highest BCUT2D eigenvalue weighted by atomic mass is 32.1. The first-order chi connectivity index (χ1) is 7.65. The molecule has 2 aromatic rings. The lowest BCUT2D eigenvalue weighted by atomic mass is 10.4. The standard InChI is InChI=1S/C10H10N2O3S/c1-6-11-4-7(16-6)5-12-9-3-2-8(15-9)10(13)14/h2-4,12H,5H2,1H3,(H,13,14). The number of hydrogen-bond donors (Lipinski definition) is 2. The number of anilines is 1. The Hall–Kier alpha value is -1.82. The second-order valence-corrected chi connectivity index (χ2v) is 4.49. The molecule has 0 unspecified atom stereocenters. The molecule has 0 fully saturated rings. The number of hydrogen-bond acceptors (Lipinski definition) is 5. The minimum Gasteiger partial charge on any atom is -0.475 e.